The van der Waals surface area contributed by atoms with E-state index in [4.69, 9.17) is 4.74 Å². The number of benzene rings is 1. The fourth-order valence-electron chi connectivity index (χ4n) is 1.83. The molecule has 4 heteroatoms. The molecule has 0 radical (unpaired) electrons. The summed E-state index contributed by atoms with van der Waals surface area (Å²) in [4.78, 5) is 10.8. The highest BCUT2D eigenvalue weighted by Gasteiger charge is 2.10. The van der Waals surface area contributed by atoms with Crippen LogP contribution < -0.4 is 9.64 Å². The third-order valence-electron chi connectivity index (χ3n) is 2.82. The highest BCUT2D eigenvalue weighted by atomic mass is 16.5. The smallest absolute Gasteiger partial charge is 0.225 e. The van der Waals surface area contributed by atoms with Gasteiger partial charge in [0.2, 0.25) is 5.95 Å². The monoisotopic (exact) mass is 257 g/mol. The number of hydrogen-bond acceptors (Lipinski definition) is 4. The number of ether oxygens (including phenoxy) is 1. The highest BCUT2D eigenvalue weighted by molar-refractivity contribution is 5.39. The normalized spacial score (nSPS) is 10.3. The Bertz CT molecular complexity index is 530. The number of rotatable bonds is 4. The molecular formula is C15H19N3O. The number of aryl methyl sites for hydroxylation is 2. The van der Waals surface area contributed by atoms with Gasteiger partial charge in [-0.1, -0.05) is 30.3 Å². The Hall–Kier alpha value is -2.10. The summed E-state index contributed by atoms with van der Waals surface area (Å²) in [5.41, 5.74) is 2.87. The molecule has 1 aromatic carbocycles. The summed E-state index contributed by atoms with van der Waals surface area (Å²) in [6, 6.07) is 10.1. The van der Waals surface area contributed by atoms with Crippen LogP contribution in [0.25, 0.3) is 0 Å². The van der Waals surface area contributed by atoms with E-state index in [0.717, 1.165) is 22.7 Å². The molecule has 0 atom stereocenters. The van der Waals surface area contributed by atoms with Crippen molar-refractivity contribution in [3.8, 4) is 5.75 Å². The molecule has 0 saturated carbocycles. The average molecular weight is 257 g/mol. The SMILES string of the molecule is Cc1nc(N(C)C)nc(C)c1OCc1ccccc1. The van der Waals surface area contributed by atoms with Crippen LogP contribution in [0, 0.1) is 13.8 Å². The highest BCUT2D eigenvalue weighted by Crippen LogP contribution is 2.23. The maximum Gasteiger partial charge on any atom is 0.225 e. The molecule has 1 aromatic heterocycles. The van der Waals surface area contributed by atoms with E-state index >= 15 is 0 Å². The van der Waals surface area contributed by atoms with Crippen LogP contribution in [-0.2, 0) is 6.61 Å². The second kappa shape index (κ2) is 5.69. The van der Waals surface area contributed by atoms with E-state index in [-0.39, 0.29) is 0 Å². The summed E-state index contributed by atoms with van der Waals surface area (Å²) < 4.78 is 5.84. The second-order valence-electron chi connectivity index (χ2n) is 4.69. The second-order valence-corrected chi connectivity index (χ2v) is 4.69. The first-order valence-electron chi connectivity index (χ1n) is 6.27. The van der Waals surface area contributed by atoms with Crippen molar-refractivity contribution in [2.75, 3.05) is 19.0 Å². The fraction of sp³-hybridized carbons (Fsp3) is 0.333. The average Bonchev–Trinajstić information content (AvgIpc) is 2.38. The van der Waals surface area contributed by atoms with Crippen LogP contribution in [0.5, 0.6) is 5.75 Å². The van der Waals surface area contributed by atoms with Crippen molar-refractivity contribution in [1.82, 2.24) is 9.97 Å². The summed E-state index contributed by atoms with van der Waals surface area (Å²) in [5, 5.41) is 0. The van der Waals surface area contributed by atoms with Crippen molar-refractivity contribution in [2.24, 2.45) is 0 Å². The van der Waals surface area contributed by atoms with Gasteiger partial charge in [-0.2, -0.15) is 0 Å². The molecule has 1 heterocycles. The summed E-state index contributed by atoms with van der Waals surface area (Å²) >= 11 is 0. The quantitative estimate of drug-likeness (QED) is 0.844. The van der Waals surface area contributed by atoms with Crippen molar-refractivity contribution < 1.29 is 4.74 Å². The Balaban J connectivity index is 2.17. The van der Waals surface area contributed by atoms with Gasteiger partial charge in [0.25, 0.3) is 0 Å². The van der Waals surface area contributed by atoms with E-state index in [1.807, 2.05) is 63.2 Å². The zero-order chi connectivity index (χ0) is 13.8. The lowest BCUT2D eigenvalue weighted by molar-refractivity contribution is 0.298. The number of hydrogen-bond donors (Lipinski definition) is 0. The molecule has 0 bridgehead atoms. The maximum absolute atomic E-state index is 5.84. The minimum absolute atomic E-state index is 0.535. The molecule has 0 aliphatic carbocycles. The molecule has 0 unspecified atom stereocenters. The Labute approximate surface area is 114 Å². The lowest BCUT2D eigenvalue weighted by atomic mass is 10.2. The molecule has 0 amide bonds. The zero-order valence-corrected chi connectivity index (χ0v) is 11.8. The zero-order valence-electron chi connectivity index (χ0n) is 11.8. The van der Waals surface area contributed by atoms with Crippen LogP contribution >= 0.6 is 0 Å². The van der Waals surface area contributed by atoms with E-state index in [1.54, 1.807) is 0 Å². The summed E-state index contributed by atoms with van der Waals surface area (Å²) in [6.45, 7) is 4.43. The van der Waals surface area contributed by atoms with Gasteiger partial charge < -0.3 is 9.64 Å². The standard InChI is InChI=1S/C15H19N3O/c1-11-14(12(2)17-15(16-11)18(3)4)19-10-13-8-6-5-7-9-13/h5-9H,10H2,1-4H3. The molecule has 19 heavy (non-hydrogen) atoms. The topological polar surface area (TPSA) is 38.2 Å². The Morgan fingerprint density at radius 3 is 2.11 bits per heavy atom. The van der Waals surface area contributed by atoms with Crippen molar-refractivity contribution in [1.29, 1.82) is 0 Å². The van der Waals surface area contributed by atoms with Gasteiger partial charge in [0.05, 0.1) is 11.4 Å². The number of nitrogens with zero attached hydrogens (tertiary/aromatic N) is 3. The molecule has 0 spiro atoms. The maximum atomic E-state index is 5.84. The van der Waals surface area contributed by atoms with Crippen molar-refractivity contribution in [3.05, 3.63) is 47.3 Å². The molecule has 0 aliphatic rings. The van der Waals surface area contributed by atoms with Crippen molar-refractivity contribution in [3.63, 3.8) is 0 Å². The van der Waals surface area contributed by atoms with Crippen LogP contribution in [0.1, 0.15) is 17.0 Å². The van der Waals surface area contributed by atoms with Crippen molar-refractivity contribution in [2.45, 2.75) is 20.5 Å². The molecule has 2 rings (SSSR count). The van der Waals surface area contributed by atoms with Gasteiger partial charge in [0, 0.05) is 14.1 Å². The van der Waals surface area contributed by atoms with Crippen LogP contribution in [0.3, 0.4) is 0 Å². The molecule has 0 N–H and O–H groups in total. The molecule has 0 saturated heterocycles. The van der Waals surface area contributed by atoms with Gasteiger partial charge in [-0.25, -0.2) is 9.97 Å². The van der Waals surface area contributed by atoms with Crippen LogP contribution in [0.4, 0.5) is 5.95 Å². The fourth-order valence-corrected chi connectivity index (χ4v) is 1.83. The minimum atomic E-state index is 0.535. The molecule has 0 aliphatic heterocycles. The minimum Gasteiger partial charge on any atom is -0.485 e. The number of aromatic nitrogens is 2. The van der Waals surface area contributed by atoms with Gasteiger partial charge >= 0.3 is 0 Å². The number of anilines is 1. The predicted octanol–water partition coefficient (Wildman–Crippen LogP) is 2.74. The van der Waals surface area contributed by atoms with E-state index in [9.17, 15) is 0 Å². The Morgan fingerprint density at radius 2 is 1.58 bits per heavy atom. The molecule has 4 nitrogen and oxygen atoms in total. The summed E-state index contributed by atoms with van der Waals surface area (Å²) in [6.07, 6.45) is 0. The van der Waals surface area contributed by atoms with E-state index < -0.39 is 0 Å². The van der Waals surface area contributed by atoms with Crippen molar-refractivity contribution >= 4 is 5.95 Å². The van der Waals surface area contributed by atoms with E-state index in [0.29, 0.717) is 12.6 Å². The van der Waals surface area contributed by atoms with Gasteiger partial charge in [0.1, 0.15) is 6.61 Å². The lowest BCUT2D eigenvalue weighted by Crippen LogP contribution is -2.14. The van der Waals surface area contributed by atoms with Gasteiger partial charge in [0.15, 0.2) is 5.75 Å². The van der Waals surface area contributed by atoms with Gasteiger partial charge in [-0.05, 0) is 19.4 Å². The first-order valence-corrected chi connectivity index (χ1v) is 6.27. The van der Waals surface area contributed by atoms with Crippen LogP contribution in [0.2, 0.25) is 0 Å². The van der Waals surface area contributed by atoms with E-state index in [1.165, 1.54) is 0 Å². The largest absolute Gasteiger partial charge is 0.485 e. The van der Waals surface area contributed by atoms with Gasteiger partial charge in [-0.15, -0.1) is 0 Å². The molecule has 100 valence electrons. The summed E-state index contributed by atoms with van der Waals surface area (Å²) in [5.74, 6) is 1.48. The van der Waals surface area contributed by atoms with Crippen LogP contribution in [0.15, 0.2) is 30.3 Å². The molecule has 2 aromatic rings. The van der Waals surface area contributed by atoms with Crippen LogP contribution in [-0.4, -0.2) is 24.1 Å². The lowest BCUT2D eigenvalue weighted by Gasteiger charge is -2.15. The predicted molar refractivity (Wildman–Crippen MR) is 76.6 cm³/mol. The third-order valence-corrected chi connectivity index (χ3v) is 2.82. The Morgan fingerprint density at radius 1 is 1.00 bits per heavy atom. The molecular weight excluding hydrogens is 238 g/mol. The summed E-state index contributed by atoms with van der Waals surface area (Å²) in [7, 11) is 3.86. The molecule has 0 fully saturated rings. The first-order chi connectivity index (χ1) is 9.08. The van der Waals surface area contributed by atoms with E-state index in [2.05, 4.69) is 9.97 Å². The first kappa shape index (κ1) is 13.3. The Kier molecular flexibility index (Phi) is 4.00. The third kappa shape index (κ3) is 3.22. The van der Waals surface area contributed by atoms with Gasteiger partial charge in [-0.3, -0.25) is 0 Å².